The number of hydrogen-bond acceptors (Lipinski definition) is 4. The summed E-state index contributed by atoms with van der Waals surface area (Å²) in [5.41, 5.74) is 6.56. The van der Waals surface area contributed by atoms with Crippen LogP contribution in [0, 0.1) is 0 Å². The van der Waals surface area contributed by atoms with Crippen LogP contribution in [0.25, 0.3) is 10.8 Å². The largest absolute Gasteiger partial charge is 0.508 e. The summed E-state index contributed by atoms with van der Waals surface area (Å²) in [6.45, 7) is 0. The van der Waals surface area contributed by atoms with E-state index in [0.717, 1.165) is 10.8 Å². The number of esters is 1. The molecule has 2 rings (SSSR count). The Kier molecular flexibility index (Phi) is 5.15. The van der Waals surface area contributed by atoms with E-state index in [2.05, 4.69) is 4.74 Å². The van der Waals surface area contributed by atoms with E-state index < -0.39 is 12.0 Å². The number of carbonyl (C=O) groups is 1. The van der Waals surface area contributed by atoms with Crippen molar-refractivity contribution in [2.45, 2.75) is 12.5 Å². The molecule has 0 aliphatic rings. The third-order valence-corrected chi connectivity index (χ3v) is 2.93. The summed E-state index contributed by atoms with van der Waals surface area (Å²) >= 11 is 0. The van der Waals surface area contributed by atoms with Crippen molar-refractivity contribution in [3.63, 3.8) is 0 Å². The maximum atomic E-state index is 11.3. The molecule has 102 valence electrons. The van der Waals surface area contributed by atoms with E-state index in [-0.39, 0.29) is 24.6 Å². The van der Waals surface area contributed by atoms with Gasteiger partial charge in [0.05, 0.1) is 13.5 Å². The zero-order chi connectivity index (χ0) is 13.1. The van der Waals surface area contributed by atoms with Crippen LogP contribution in [0.4, 0.5) is 0 Å². The van der Waals surface area contributed by atoms with Gasteiger partial charge in [0.2, 0.25) is 0 Å². The van der Waals surface area contributed by atoms with Gasteiger partial charge >= 0.3 is 5.97 Å². The standard InChI is InChI=1S/C14H15NO3.ClH/c1-18-13(17)8-11(15)14-10-5-3-2-4-9(10)6-7-12(14)16;/h2-7,11,16H,8,15H2,1H3;1H/t11-;/m1./s1. The first-order chi connectivity index (χ1) is 8.63. The maximum absolute atomic E-state index is 11.3. The number of halogens is 1. The number of hydrogen-bond donors (Lipinski definition) is 2. The molecule has 0 aliphatic heterocycles. The highest BCUT2D eigenvalue weighted by Crippen LogP contribution is 2.32. The van der Waals surface area contributed by atoms with Crippen LogP contribution < -0.4 is 5.73 Å². The number of phenols is 1. The van der Waals surface area contributed by atoms with Gasteiger partial charge in [-0.25, -0.2) is 0 Å². The predicted molar refractivity (Wildman–Crippen MR) is 76.4 cm³/mol. The molecule has 0 unspecified atom stereocenters. The summed E-state index contributed by atoms with van der Waals surface area (Å²) < 4.78 is 4.59. The van der Waals surface area contributed by atoms with Gasteiger partial charge in [-0.2, -0.15) is 0 Å². The van der Waals surface area contributed by atoms with E-state index >= 15 is 0 Å². The number of methoxy groups -OCH3 is 1. The normalized spacial score (nSPS) is 11.7. The second-order valence-corrected chi connectivity index (χ2v) is 4.11. The van der Waals surface area contributed by atoms with E-state index in [1.54, 1.807) is 6.07 Å². The van der Waals surface area contributed by atoms with Gasteiger partial charge in [0.1, 0.15) is 5.75 Å². The first-order valence-electron chi connectivity index (χ1n) is 5.66. The van der Waals surface area contributed by atoms with Gasteiger partial charge in [0, 0.05) is 11.6 Å². The van der Waals surface area contributed by atoms with Crippen LogP contribution in [-0.2, 0) is 9.53 Å². The Bertz CT molecular complexity index is 586. The van der Waals surface area contributed by atoms with Crippen LogP contribution in [-0.4, -0.2) is 18.2 Å². The molecule has 0 aromatic heterocycles. The minimum Gasteiger partial charge on any atom is -0.508 e. The number of nitrogens with two attached hydrogens (primary N) is 1. The molecule has 2 aromatic rings. The topological polar surface area (TPSA) is 72.5 Å². The van der Waals surface area contributed by atoms with Crippen molar-refractivity contribution in [2.24, 2.45) is 5.73 Å². The van der Waals surface area contributed by atoms with Crippen LogP contribution in [0.2, 0.25) is 0 Å². The smallest absolute Gasteiger partial charge is 0.307 e. The lowest BCUT2D eigenvalue weighted by Gasteiger charge is -2.15. The van der Waals surface area contributed by atoms with Gasteiger partial charge in [0.15, 0.2) is 0 Å². The second-order valence-electron chi connectivity index (χ2n) is 4.11. The fourth-order valence-corrected chi connectivity index (χ4v) is 2.04. The molecule has 0 amide bonds. The SMILES string of the molecule is COC(=O)C[C@@H](N)c1c(O)ccc2ccccc12.Cl. The number of fused-ring (bicyclic) bond motifs is 1. The third-order valence-electron chi connectivity index (χ3n) is 2.93. The summed E-state index contributed by atoms with van der Waals surface area (Å²) in [7, 11) is 1.32. The fraction of sp³-hybridized carbons (Fsp3) is 0.214. The van der Waals surface area contributed by atoms with Gasteiger partial charge in [-0.3, -0.25) is 4.79 Å². The van der Waals surface area contributed by atoms with Crippen molar-refractivity contribution in [2.75, 3.05) is 7.11 Å². The molecule has 0 saturated heterocycles. The van der Waals surface area contributed by atoms with E-state index in [1.165, 1.54) is 7.11 Å². The Balaban J connectivity index is 0.00000180. The van der Waals surface area contributed by atoms with Crippen LogP contribution in [0.15, 0.2) is 36.4 Å². The Labute approximate surface area is 117 Å². The van der Waals surface area contributed by atoms with E-state index in [1.807, 2.05) is 30.3 Å². The average Bonchev–Trinajstić information content (AvgIpc) is 2.38. The van der Waals surface area contributed by atoms with E-state index in [9.17, 15) is 9.90 Å². The lowest BCUT2D eigenvalue weighted by Crippen LogP contribution is -2.16. The highest BCUT2D eigenvalue weighted by Gasteiger charge is 2.18. The highest BCUT2D eigenvalue weighted by atomic mass is 35.5. The molecule has 0 radical (unpaired) electrons. The van der Waals surface area contributed by atoms with Crippen LogP contribution in [0.5, 0.6) is 5.75 Å². The maximum Gasteiger partial charge on any atom is 0.307 e. The highest BCUT2D eigenvalue weighted by molar-refractivity contribution is 5.88. The zero-order valence-electron chi connectivity index (χ0n) is 10.5. The first-order valence-corrected chi connectivity index (χ1v) is 5.66. The zero-order valence-corrected chi connectivity index (χ0v) is 11.3. The van der Waals surface area contributed by atoms with Gasteiger partial charge in [-0.1, -0.05) is 30.3 Å². The molecular formula is C14H16ClNO3. The number of rotatable bonds is 3. The second kappa shape index (κ2) is 6.41. The van der Waals surface area contributed by atoms with Gasteiger partial charge in [-0.15, -0.1) is 12.4 Å². The summed E-state index contributed by atoms with van der Waals surface area (Å²) in [4.78, 5) is 11.3. The summed E-state index contributed by atoms with van der Waals surface area (Å²) in [5.74, 6) is -0.292. The molecule has 0 saturated carbocycles. The van der Waals surface area contributed by atoms with Crippen molar-refractivity contribution < 1.29 is 14.6 Å². The van der Waals surface area contributed by atoms with Gasteiger partial charge in [-0.05, 0) is 16.8 Å². The molecule has 3 N–H and O–H groups in total. The molecule has 2 aromatic carbocycles. The van der Waals surface area contributed by atoms with Crippen molar-refractivity contribution in [3.8, 4) is 5.75 Å². The number of aromatic hydroxyl groups is 1. The number of carbonyl (C=O) groups excluding carboxylic acids is 1. The summed E-state index contributed by atoms with van der Waals surface area (Å²) in [5, 5.41) is 11.8. The van der Waals surface area contributed by atoms with Crippen LogP contribution in [0.3, 0.4) is 0 Å². The van der Waals surface area contributed by atoms with Gasteiger partial charge < -0.3 is 15.6 Å². The molecule has 0 fully saturated rings. The molecule has 0 spiro atoms. The molecule has 19 heavy (non-hydrogen) atoms. The molecule has 0 aliphatic carbocycles. The molecular weight excluding hydrogens is 266 g/mol. The average molecular weight is 282 g/mol. The van der Waals surface area contributed by atoms with E-state index in [0.29, 0.717) is 5.56 Å². The Hall–Kier alpha value is -1.78. The summed E-state index contributed by atoms with van der Waals surface area (Å²) in [6.07, 6.45) is 0.0397. The quantitative estimate of drug-likeness (QED) is 0.848. The molecule has 4 nitrogen and oxygen atoms in total. The minimum atomic E-state index is -0.580. The van der Waals surface area contributed by atoms with Crippen LogP contribution in [0.1, 0.15) is 18.0 Å². The van der Waals surface area contributed by atoms with Crippen molar-refractivity contribution in [3.05, 3.63) is 42.0 Å². The Morgan fingerprint density at radius 1 is 1.32 bits per heavy atom. The monoisotopic (exact) mass is 281 g/mol. The van der Waals surface area contributed by atoms with Gasteiger partial charge in [0.25, 0.3) is 0 Å². The number of ether oxygens (including phenoxy) is 1. The molecule has 0 bridgehead atoms. The molecule has 0 heterocycles. The fourth-order valence-electron chi connectivity index (χ4n) is 2.04. The molecule has 5 heteroatoms. The number of phenolic OH excluding ortho intramolecular Hbond substituents is 1. The van der Waals surface area contributed by atoms with Crippen molar-refractivity contribution >= 4 is 29.1 Å². The minimum absolute atomic E-state index is 0. The number of benzene rings is 2. The molecule has 1 atom stereocenters. The summed E-state index contributed by atoms with van der Waals surface area (Å²) in [6, 6.07) is 10.4. The van der Waals surface area contributed by atoms with Crippen LogP contribution >= 0.6 is 12.4 Å². The first kappa shape index (κ1) is 15.3. The van der Waals surface area contributed by atoms with Crippen molar-refractivity contribution in [1.29, 1.82) is 0 Å². The van der Waals surface area contributed by atoms with E-state index in [4.69, 9.17) is 5.73 Å². The Morgan fingerprint density at radius 2 is 2.00 bits per heavy atom. The van der Waals surface area contributed by atoms with Crippen molar-refractivity contribution in [1.82, 2.24) is 0 Å². The Morgan fingerprint density at radius 3 is 2.68 bits per heavy atom. The third kappa shape index (κ3) is 3.16. The lowest BCUT2D eigenvalue weighted by molar-refractivity contribution is -0.141. The predicted octanol–water partition coefficient (Wildman–Crippen LogP) is 2.53. The lowest BCUT2D eigenvalue weighted by atomic mass is 9.96.